The van der Waals surface area contributed by atoms with Gasteiger partial charge in [-0.15, -0.1) is 11.6 Å². The summed E-state index contributed by atoms with van der Waals surface area (Å²) in [6.45, 7) is 13.0. The van der Waals surface area contributed by atoms with Gasteiger partial charge >= 0.3 is 5.97 Å². The molecule has 2 atom stereocenters. The van der Waals surface area contributed by atoms with Crippen molar-refractivity contribution in [1.82, 2.24) is 0 Å². The van der Waals surface area contributed by atoms with Crippen LogP contribution in [0.3, 0.4) is 0 Å². The van der Waals surface area contributed by atoms with Crippen molar-refractivity contribution in [3.63, 3.8) is 0 Å². The topological polar surface area (TPSA) is 54.0 Å². The number of alkyl halides is 1. The average Bonchev–Trinajstić information content (AvgIpc) is 2.79. The van der Waals surface area contributed by atoms with Crippen LogP contribution in [0.2, 0.25) is 10.0 Å². The molecule has 8 heteroatoms. The lowest BCUT2D eigenvalue weighted by Gasteiger charge is -2.27. The first-order valence-corrected chi connectivity index (χ1v) is 12.9. The largest absolute Gasteiger partial charge is 0.493 e. The van der Waals surface area contributed by atoms with E-state index in [2.05, 4.69) is 20.8 Å². The molecule has 5 nitrogen and oxygen atoms in total. The number of halogens is 3. The van der Waals surface area contributed by atoms with Crippen molar-refractivity contribution in [2.75, 3.05) is 25.7 Å². The number of carbonyl (C=O) groups is 1. The first kappa shape index (κ1) is 29.6. The Balaban J connectivity index is 2.09. The van der Waals surface area contributed by atoms with Crippen LogP contribution in [0.25, 0.3) is 0 Å². The summed E-state index contributed by atoms with van der Waals surface area (Å²) in [5, 5.41) is 0.739. The van der Waals surface area contributed by atoms with E-state index in [4.69, 9.17) is 53.8 Å². The van der Waals surface area contributed by atoms with Crippen molar-refractivity contribution < 1.29 is 23.7 Å². The molecule has 0 heterocycles. The maximum absolute atomic E-state index is 11.2. The highest BCUT2D eigenvalue weighted by molar-refractivity contribution is 6.37. The summed E-state index contributed by atoms with van der Waals surface area (Å²) < 4.78 is 22.4. The summed E-state index contributed by atoms with van der Waals surface area (Å²) in [7, 11) is 0. The number of esters is 1. The van der Waals surface area contributed by atoms with Crippen LogP contribution in [-0.2, 0) is 19.7 Å². The molecule has 0 aliphatic rings. The Morgan fingerprint density at radius 2 is 1.51 bits per heavy atom. The molecule has 0 unspecified atom stereocenters. The molecule has 0 aromatic heterocycles. The monoisotopic (exact) mass is 544 g/mol. The number of benzene rings is 2. The Labute approximate surface area is 223 Å². The maximum atomic E-state index is 11.2. The average molecular weight is 546 g/mol. The molecule has 0 N–H and O–H groups in total. The molecule has 35 heavy (non-hydrogen) atoms. The summed E-state index contributed by atoms with van der Waals surface area (Å²) >= 11 is 18.9. The summed E-state index contributed by atoms with van der Waals surface area (Å²) in [4.78, 5) is 11.2. The van der Waals surface area contributed by atoms with Gasteiger partial charge in [0.05, 0.1) is 35.2 Å². The first-order chi connectivity index (χ1) is 16.4. The van der Waals surface area contributed by atoms with Gasteiger partial charge in [0.1, 0.15) is 18.5 Å². The van der Waals surface area contributed by atoms with Gasteiger partial charge in [-0.1, -0.05) is 56.1 Å². The van der Waals surface area contributed by atoms with Crippen LogP contribution in [0.15, 0.2) is 36.4 Å². The summed E-state index contributed by atoms with van der Waals surface area (Å²) in [5.74, 6) is 1.10. The Morgan fingerprint density at radius 3 is 2.03 bits per heavy atom. The van der Waals surface area contributed by atoms with Gasteiger partial charge in [0.2, 0.25) is 0 Å². The molecular weight excluding hydrogens is 511 g/mol. The minimum absolute atomic E-state index is 0.0505. The highest BCUT2D eigenvalue weighted by atomic mass is 35.5. The second-order valence-corrected chi connectivity index (χ2v) is 10.5. The van der Waals surface area contributed by atoms with E-state index in [9.17, 15) is 4.79 Å². The molecular formula is C27H35Cl3O5. The highest BCUT2D eigenvalue weighted by Crippen LogP contribution is 2.40. The predicted molar refractivity (Wildman–Crippen MR) is 143 cm³/mol. The normalized spacial score (nSPS) is 13.4. The van der Waals surface area contributed by atoms with Crippen molar-refractivity contribution in [2.45, 2.75) is 59.2 Å². The fourth-order valence-electron chi connectivity index (χ4n) is 3.36. The minimum Gasteiger partial charge on any atom is -0.493 e. The summed E-state index contributed by atoms with van der Waals surface area (Å²) in [6, 6.07) is 11.7. The molecule has 0 amide bonds. The lowest BCUT2D eigenvalue weighted by atomic mass is 9.78. The molecule has 0 saturated heterocycles. The maximum Gasteiger partial charge on any atom is 0.303 e. The number of ether oxygens (including phenoxy) is 4. The summed E-state index contributed by atoms with van der Waals surface area (Å²) in [6.07, 6.45) is -0.381. The van der Waals surface area contributed by atoms with E-state index >= 15 is 0 Å². The molecule has 0 aliphatic heterocycles. The van der Waals surface area contributed by atoms with Crippen molar-refractivity contribution >= 4 is 40.8 Å². The van der Waals surface area contributed by atoms with Crippen LogP contribution in [0.4, 0.5) is 0 Å². The predicted octanol–water partition coefficient (Wildman–Crippen LogP) is 7.31. The number of hydrogen-bond acceptors (Lipinski definition) is 5. The second kappa shape index (κ2) is 13.6. The van der Waals surface area contributed by atoms with E-state index in [0.717, 1.165) is 16.9 Å². The van der Waals surface area contributed by atoms with Crippen molar-refractivity contribution in [2.24, 2.45) is 5.92 Å². The van der Waals surface area contributed by atoms with E-state index in [1.54, 1.807) is 0 Å². The third-order valence-electron chi connectivity index (χ3n) is 5.46. The van der Waals surface area contributed by atoms with Crippen LogP contribution in [-0.4, -0.2) is 43.9 Å². The molecule has 0 bridgehead atoms. The Bertz CT molecular complexity index is 937. The van der Waals surface area contributed by atoms with E-state index in [-0.39, 0.29) is 24.0 Å². The van der Waals surface area contributed by atoms with Gasteiger partial charge in [-0.05, 0) is 49.2 Å². The van der Waals surface area contributed by atoms with Gasteiger partial charge in [-0.3, -0.25) is 4.79 Å². The molecule has 0 spiro atoms. The molecule has 2 aromatic rings. The minimum atomic E-state index is -0.594. The lowest BCUT2D eigenvalue weighted by Crippen LogP contribution is -2.26. The van der Waals surface area contributed by atoms with Gasteiger partial charge in [0, 0.05) is 18.3 Å². The van der Waals surface area contributed by atoms with Crippen LogP contribution in [0.5, 0.6) is 11.5 Å². The zero-order valence-electron chi connectivity index (χ0n) is 21.2. The van der Waals surface area contributed by atoms with Crippen molar-refractivity contribution in [1.29, 1.82) is 0 Å². The van der Waals surface area contributed by atoms with Gasteiger partial charge in [-0.2, -0.15) is 0 Å². The number of rotatable bonds is 13. The Morgan fingerprint density at radius 1 is 0.914 bits per heavy atom. The molecule has 2 rings (SSSR count). The van der Waals surface area contributed by atoms with Gasteiger partial charge < -0.3 is 18.9 Å². The van der Waals surface area contributed by atoms with E-state index in [0.29, 0.717) is 34.9 Å². The fraction of sp³-hybridized carbons (Fsp3) is 0.519. The van der Waals surface area contributed by atoms with E-state index < -0.39 is 12.1 Å². The van der Waals surface area contributed by atoms with Crippen molar-refractivity contribution in [3.8, 4) is 11.5 Å². The Kier molecular flexibility index (Phi) is 11.5. The third kappa shape index (κ3) is 9.05. The SMILES string of the molecule is CC(=O)O[C@@H](CCl)COc1c(Cl)cc(C(C)(C)c2ccc(OC[C@H](C)COC(C)C)cc2)cc1Cl. The highest BCUT2D eigenvalue weighted by Gasteiger charge is 2.26. The molecule has 0 aliphatic carbocycles. The fourth-order valence-corrected chi connectivity index (χ4v) is 4.11. The van der Waals surface area contributed by atoms with Crippen LogP contribution >= 0.6 is 34.8 Å². The molecule has 2 aromatic carbocycles. The zero-order chi connectivity index (χ0) is 26.2. The molecule has 0 radical (unpaired) electrons. The smallest absolute Gasteiger partial charge is 0.303 e. The van der Waals surface area contributed by atoms with Crippen LogP contribution in [0, 0.1) is 5.92 Å². The molecule has 0 fully saturated rings. The van der Waals surface area contributed by atoms with Gasteiger partial charge in [0.25, 0.3) is 0 Å². The standard InChI is InChI=1S/C27H35Cl3O5/c1-17(2)32-14-18(3)15-33-22-9-7-20(8-10-22)27(5,6)21-11-24(29)26(25(30)12-21)34-16-23(13-28)35-19(4)31/h7-12,17-18,23H,13-16H2,1-6H3/t18-,23+/m1/s1. The lowest BCUT2D eigenvalue weighted by molar-refractivity contribution is -0.146. The number of carbonyl (C=O) groups excluding carboxylic acids is 1. The van der Waals surface area contributed by atoms with Gasteiger partial charge in [0.15, 0.2) is 5.75 Å². The first-order valence-electron chi connectivity index (χ1n) is 11.6. The van der Waals surface area contributed by atoms with E-state index in [1.165, 1.54) is 6.92 Å². The van der Waals surface area contributed by atoms with E-state index in [1.807, 2.05) is 50.2 Å². The van der Waals surface area contributed by atoms with Crippen LogP contribution < -0.4 is 9.47 Å². The molecule has 194 valence electrons. The number of hydrogen-bond donors (Lipinski definition) is 0. The quantitative estimate of drug-likeness (QED) is 0.195. The zero-order valence-corrected chi connectivity index (χ0v) is 23.5. The van der Waals surface area contributed by atoms with Crippen LogP contribution in [0.1, 0.15) is 52.7 Å². The van der Waals surface area contributed by atoms with Crippen molar-refractivity contribution in [3.05, 3.63) is 57.6 Å². The second-order valence-electron chi connectivity index (χ2n) is 9.41. The Hall–Kier alpha value is -1.66. The summed E-state index contributed by atoms with van der Waals surface area (Å²) in [5.41, 5.74) is 1.64. The van der Waals surface area contributed by atoms with Gasteiger partial charge in [-0.25, -0.2) is 0 Å². The molecule has 0 saturated carbocycles. The third-order valence-corrected chi connectivity index (χ3v) is 6.37.